The molecule has 0 aromatic heterocycles. The molecule has 4 N–H and O–H groups in total. The standard InChI is InChI=1S/C7H14O3.C5H11NO2/c1-3-6(2)7(9)10-5-4-8;1-2-4-7-8-5-3-6/h6,8H,3-5H2,1-2H3;2H,1,3-6H2/p+1. The van der Waals surface area contributed by atoms with Gasteiger partial charge in [0.2, 0.25) is 0 Å². The molecule has 1 atom stereocenters. The second-order valence-corrected chi connectivity index (χ2v) is 3.45. The Kier molecular flexibility index (Phi) is 17.3. The Hall–Kier alpha value is -0.950. The fourth-order valence-electron chi connectivity index (χ4n) is 0.669. The van der Waals surface area contributed by atoms with Crippen molar-refractivity contribution in [3.63, 3.8) is 0 Å². The molecule has 0 fully saturated rings. The quantitative estimate of drug-likeness (QED) is 0.200. The fourth-order valence-corrected chi connectivity index (χ4v) is 0.669. The van der Waals surface area contributed by atoms with Crippen LogP contribution in [0.1, 0.15) is 20.3 Å². The fraction of sp³-hybridized carbons (Fsp3) is 0.750. The Morgan fingerprint density at radius 1 is 1.44 bits per heavy atom. The summed E-state index contributed by atoms with van der Waals surface area (Å²) in [6, 6.07) is 0. The molecular formula is C12H26NO5+. The van der Waals surface area contributed by atoms with Crippen molar-refractivity contribution >= 4 is 5.97 Å². The highest BCUT2D eigenvalue weighted by Gasteiger charge is 2.10. The van der Waals surface area contributed by atoms with E-state index in [0.29, 0.717) is 13.2 Å². The molecule has 0 spiro atoms. The average molecular weight is 264 g/mol. The van der Waals surface area contributed by atoms with E-state index in [1.54, 1.807) is 13.0 Å². The molecule has 0 aliphatic rings. The summed E-state index contributed by atoms with van der Waals surface area (Å²) < 4.78 is 4.65. The molecule has 6 nitrogen and oxygen atoms in total. The number of rotatable bonds is 9. The molecule has 0 amide bonds. The molecule has 0 saturated carbocycles. The van der Waals surface area contributed by atoms with Gasteiger partial charge in [0.25, 0.3) is 0 Å². The highest BCUT2D eigenvalue weighted by molar-refractivity contribution is 5.71. The predicted molar refractivity (Wildman–Crippen MR) is 67.4 cm³/mol. The van der Waals surface area contributed by atoms with Crippen LogP contribution in [0.3, 0.4) is 0 Å². The van der Waals surface area contributed by atoms with Gasteiger partial charge in [-0.3, -0.25) is 4.79 Å². The van der Waals surface area contributed by atoms with Crippen molar-refractivity contribution in [2.75, 3.05) is 33.0 Å². The van der Waals surface area contributed by atoms with Crippen molar-refractivity contribution in [3.8, 4) is 0 Å². The van der Waals surface area contributed by atoms with Crippen LogP contribution in [0.25, 0.3) is 0 Å². The van der Waals surface area contributed by atoms with E-state index in [9.17, 15) is 4.79 Å². The summed E-state index contributed by atoms with van der Waals surface area (Å²) in [5.41, 5.74) is 3.55. The van der Waals surface area contributed by atoms with Crippen molar-refractivity contribution in [2.45, 2.75) is 20.3 Å². The second-order valence-electron chi connectivity index (χ2n) is 3.45. The zero-order valence-corrected chi connectivity index (χ0v) is 11.4. The zero-order valence-electron chi connectivity index (χ0n) is 11.4. The van der Waals surface area contributed by atoms with Crippen LogP contribution in [-0.4, -0.2) is 44.0 Å². The average Bonchev–Trinajstić information content (AvgIpc) is 2.40. The normalized spacial score (nSPS) is 11.1. The Bertz CT molecular complexity index is 199. The number of carbonyl (C=O) groups is 1. The summed E-state index contributed by atoms with van der Waals surface area (Å²) >= 11 is 0. The van der Waals surface area contributed by atoms with Crippen molar-refractivity contribution in [3.05, 3.63) is 12.7 Å². The molecule has 0 rings (SSSR count). The van der Waals surface area contributed by atoms with Gasteiger partial charge in [-0.05, 0) is 6.42 Å². The molecule has 0 saturated heterocycles. The van der Waals surface area contributed by atoms with E-state index < -0.39 is 0 Å². The maximum absolute atomic E-state index is 10.8. The number of carbonyl (C=O) groups excluding carboxylic acids is 1. The largest absolute Gasteiger partial charge is 0.463 e. The lowest BCUT2D eigenvalue weighted by Gasteiger charge is -2.06. The lowest BCUT2D eigenvalue weighted by Crippen LogP contribution is -2.52. The SMILES string of the molecule is C=CCOOCC[NH3+].CCC(C)C(=O)OCCO. The highest BCUT2D eigenvalue weighted by atomic mass is 17.2. The van der Waals surface area contributed by atoms with Crippen molar-refractivity contribution < 1.29 is 30.1 Å². The number of ether oxygens (including phenoxy) is 1. The second kappa shape index (κ2) is 16.1. The van der Waals surface area contributed by atoms with Gasteiger partial charge in [-0.15, -0.1) is 6.58 Å². The van der Waals surface area contributed by atoms with Gasteiger partial charge < -0.3 is 15.6 Å². The zero-order chi connectivity index (χ0) is 14.2. The smallest absolute Gasteiger partial charge is 0.308 e. The van der Waals surface area contributed by atoms with E-state index in [1.165, 1.54) is 0 Å². The van der Waals surface area contributed by atoms with Gasteiger partial charge in [0.15, 0.2) is 0 Å². The van der Waals surface area contributed by atoms with Crippen molar-refractivity contribution in [2.24, 2.45) is 5.92 Å². The molecule has 0 aromatic rings. The molecule has 18 heavy (non-hydrogen) atoms. The minimum atomic E-state index is -0.225. The number of hydrogen-bond donors (Lipinski definition) is 2. The molecule has 1 unspecified atom stereocenters. The number of esters is 1. The van der Waals surface area contributed by atoms with E-state index in [-0.39, 0.29) is 25.1 Å². The Labute approximate surface area is 109 Å². The van der Waals surface area contributed by atoms with E-state index >= 15 is 0 Å². The van der Waals surface area contributed by atoms with Crippen LogP contribution < -0.4 is 5.73 Å². The van der Waals surface area contributed by atoms with Crippen LogP contribution in [0.4, 0.5) is 0 Å². The summed E-state index contributed by atoms with van der Waals surface area (Å²) in [6.45, 7) is 8.91. The Morgan fingerprint density at radius 3 is 2.56 bits per heavy atom. The number of aliphatic hydroxyl groups is 1. The first-order valence-corrected chi connectivity index (χ1v) is 6.06. The number of aliphatic hydroxyl groups excluding tert-OH is 1. The molecule has 0 bridgehead atoms. The third-order valence-corrected chi connectivity index (χ3v) is 1.85. The molecule has 108 valence electrons. The van der Waals surface area contributed by atoms with Gasteiger partial charge in [0.1, 0.15) is 26.4 Å². The van der Waals surface area contributed by atoms with Gasteiger partial charge >= 0.3 is 5.97 Å². The summed E-state index contributed by atoms with van der Waals surface area (Å²) in [5, 5.41) is 8.29. The molecule has 0 aliphatic heterocycles. The minimum Gasteiger partial charge on any atom is -0.463 e. The van der Waals surface area contributed by atoms with Gasteiger partial charge in [-0.2, -0.15) is 0 Å². The van der Waals surface area contributed by atoms with Gasteiger partial charge in [0.05, 0.1) is 12.5 Å². The molecule has 0 radical (unpaired) electrons. The molecule has 0 heterocycles. The van der Waals surface area contributed by atoms with Crippen LogP contribution in [-0.2, 0) is 19.3 Å². The first-order chi connectivity index (χ1) is 8.63. The van der Waals surface area contributed by atoms with Crippen molar-refractivity contribution in [1.29, 1.82) is 0 Å². The van der Waals surface area contributed by atoms with Crippen LogP contribution in [0.2, 0.25) is 0 Å². The van der Waals surface area contributed by atoms with Gasteiger partial charge in [-0.1, -0.05) is 19.9 Å². The summed E-state index contributed by atoms with van der Waals surface area (Å²) in [4.78, 5) is 20.0. The third-order valence-electron chi connectivity index (χ3n) is 1.85. The number of hydrogen-bond acceptors (Lipinski definition) is 5. The van der Waals surface area contributed by atoms with Crippen LogP contribution in [0.15, 0.2) is 12.7 Å². The van der Waals surface area contributed by atoms with Crippen LogP contribution in [0, 0.1) is 5.92 Å². The Morgan fingerprint density at radius 2 is 2.11 bits per heavy atom. The maximum atomic E-state index is 10.8. The molecule has 0 aromatic carbocycles. The first-order valence-electron chi connectivity index (χ1n) is 6.06. The summed E-state index contributed by atoms with van der Waals surface area (Å²) in [7, 11) is 0. The van der Waals surface area contributed by atoms with Crippen LogP contribution in [0.5, 0.6) is 0 Å². The summed E-state index contributed by atoms with van der Waals surface area (Å²) in [5.74, 6) is -0.275. The predicted octanol–water partition coefficient (Wildman–Crippen LogP) is -0.0695. The topological polar surface area (TPSA) is 92.6 Å². The Balaban J connectivity index is 0. The minimum absolute atomic E-state index is 0.0495. The molecule has 0 aliphatic carbocycles. The summed E-state index contributed by atoms with van der Waals surface area (Å²) in [6.07, 6.45) is 2.41. The lowest BCUT2D eigenvalue weighted by molar-refractivity contribution is -0.401. The van der Waals surface area contributed by atoms with Crippen LogP contribution >= 0.6 is 0 Å². The molecule has 6 heteroatoms. The number of quaternary nitrogens is 1. The van der Waals surface area contributed by atoms with E-state index in [1.807, 2.05) is 6.92 Å². The highest BCUT2D eigenvalue weighted by Crippen LogP contribution is 2.02. The first kappa shape index (κ1) is 19.4. The molecular weight excluding hydrogens is 238 g/mol. The lowest BCUT2D eigenvalue weighted by atomic mass is 10.1. The van der Waals surface area contributed by atoms with Gasteiger partial charge in [0, 0.05) is 0 Å². The third kappa shape index (κ3) is 15.0. The van der Waals surface area contributed by atoms with Gasteiger partial charge in [-0.25, -0.2) is 9.78 Å². The monoisotopic (exact) mass is 264 g/mol. The van der Waals surface area contributed by atoms with E-state index in [4.69, 9.17) is 5.11 Å². The van der Waals surface area contributed by atoms with Crippen molar-refractivity contribution in [1.82, 2.24) is 0 Å². The maximum Gasteiger partial charge on any atom is 0.308 e. The van der Waals surface area contributed by atoms with E-state index in [0.717, 1.165) is 13.0 Å². The van der Waals surface area contributed by atoms with E-state index in [2.05, 4.69) is 26.8 Å².